The fourth-order valence-electron chi connectivity index (χ4n) is 2.67. The lowest BCUT2D eigenvalue weighted by Gasteiger charge is -2.33. The molecule has 2 aliphatic rings. The summed E-state index contributed by atoms with van der Waals surface area (Å²) in [6, 6.07) is -0.0980. The van der Waals surface area contributed by atoms with Crippen molar-refractivity contribution in [3.05, 3.63) is 12.4 Å². The fourth-order valence-corrected chi connectivity index (χ4v) is 2.67. The summed E-state index contributed by atoms with van der Waals surface area (Å²) in [6.45, 7) is 11.0. The van der Waals surface area contributed by atoms with Crippen molar-refractivity contribution in [2.24, 2.45) is 4.99 Å². The highest BCUT2D eigenvalue weighted by molar-refractivity contribution is 5.94. The molecule has 2 heterocycles. The Bertz CT molecular complexity index is 389. The van der Waals surface area contributed by atoms with Crippen LogP contribution in [0.3, 0.4) is 0 Å². The number of aliphatic imine (C=N–C) groups is 1. The third kappa shape index (κ3) is 1.85. The number of nitrogens with zero attached hydrogens (tertiary/aromatic N) is 2. The van der Waals surface area contributed by atoms with Crippen molar-refractivity contribution in [1.82, 2.24) is 5.32 Å². The van der Waals surface area contributed by atoms with E-state index in [-0.39, 0.29) is 17.4 Å². The first kappa shape index (κ1) is 12.5. The van der Waals surface area contributed by atoms with Crippen molar-refractivity contribution in [2.45, 2.75) is 51.7 Å². The predicted molar refractivity (Wildman–Crippen MR) is 68.5 cm³/mol. The number of Topliss-reactive ketones (excluding diaryl/α,β-unsaturated/α-hetero) is 1. The Labute approximate surface area is 103 Å². The first-order chi connectivity index (χ1) is 7.68. The van der Waals surface area contributed by atoms with Crippen LogP contribution in [0.2, 0.25) is 0 Å². The molecular weight excluding hydrogens is 214 g/mol. The Morgan fingerprint density at radius 2 is 2.12 bits per heavy atom. The Kier molecular flexibility index (Phi) is 2.56. The first-order valence-electron chi connectivity index (χ1n) is 6.10. The minimum absolute atomic E-state index is 0.0503. The third-order valence-corrected chi connectivity index (χ3v) is 3.74. The third-order valence-electron chi connectivity index (χ3n) is 3.74. The van der Waals surface area contributed by atoms with Gasteiger partial charge < -0.3 is 0 Å². The van der Waals surface area contributed by atoms with Gasteiger partial charge in [-0.3, -0.25) is 10.1 Å². The van der Waals surface area contributed by atoms with Crippen molar-refractivity contribution < 1.29 is 9.28 Å². The van der Waals surface area contributed by atoms with E-state index in [0.717, 1.165) is 6.54 Å². The van der Waals surface area contributed by atoms with E-state index in [1.807, 2.05) is 26.4 Å². The van der Waals surface area contributed by atoms with E-state index in [9.17, 15) is 4.79 Å². The lowest BCUT2D eigenvalue weighted by Crippen LogP contribution is -2.54. The maximum Gasteiger partial charge on any atom is 0.215 e. The van der Waals surface area contributed by atoms with E-state index in [1.165, 1.54) is 0 Å². The molecule has 2 rings (SSSR count). The summed E-state index contributed by atoms with van der Waals surface area (Å²) < 4.78 is 0.541. The SMILES string of the molecule is CC(C)(C)N[C@H]1C[N+]2(C=CN=C2)C(C)(C)C1=O. The van der Waals surface area contributed by atoms with E-state index in [1.54, 1.807) is 6.20 Å². The lowest BCUT2D eigenvalue weighted by atomic mass is 9.96. The van der Waals surface area contributed by atoms with Crippen LogP contribution in [-0.2, 0) is 4.79 Å². The molecule has 2 aliphatic heterocycles. The number of rotatable bonds is 1. The normalized spacial score (nSPS) is 35.1. The zero-order valence-corrected chi connectivity index (χ0v) is 11.3. The number of nitrogens with one attached hydrogen (secondary N) is 1. The van der Waals surface area contributed by atoms with Gasteiger partial charge >= 0.3 is 0 Å². The number of quaternary nitrogens is 1. The minimum Gasteiger partial charge on any atom is -0.298 e. The second kappa shape index (κ2) is 3.50. The van der Waals surface area contributed by atoms with Crippen molar-refractivity contribution in [2.75, 3.05) is 6.54 Å². The van der Waals surface area contributed by atoms with E-state index in [0.29, 0.717) is 4.48 Å². The molecule has 1 N–H and O–H groups in total. The summed E-state index contributed by atoms with van der Waals surface area (Å²) in [6.07, 6.45) is 5.68. The smallest absolute Gasteiger partial charge is 0.215 e. The molecule has 4 nitrogen and oxygen atoms in total. The van der Waals surface area contributed by atoms with Gasteiger partial charge in [-0.25, -0.2) is 9.48 Å². The van der Waals surface area contributed by atoms with Gasteiger partial charge in [-0.05, 0) is 34.6 Å². The molecule has 1 saturated heterocycles. The van der Waals surface area contributed by atoms with Gasteiger partial charge in [0, 0.05) is 5.54 Å². The monoisotopic (exact) mass is 236 g/mol. The Balaban J connectivity index is 2.29. The number of ketones is 1. The highest BCUT2D eigenvalue weighted by atomic mass is 16.1. The van der Waals surface area contributed by atoms with Gasteiger partial charge in [0.2, 0.25) is 5.78 Å². The molecule has 17 heavy (non-hydrogen) atoms. The molecule has 2 atom stereocenters. The predicted octanol–water partition coefficient (Wildman–Crippen LogP) is 1.43. The van der Waals surface area contributed by atoms with Crippen molar-refractivity contribution >= 4 is 12.1 Å². The average Bonchev–Trinajstić information content (AvgIpc) is 2.68. The van der Waals surface area contributed by atoms with Gasteiger partial charge in [0.1, 0.15) is 18.8 Å². The van der Waals surface area contributed by atoms with Crippen LogP contribution in [0, 0.1) is 0 Å². The maximum atomic E-state index is 12.5. The summed E-state index contributed by atoms with van der Waals surface area (Å²) in [5, 5.41) is 3.41. The van der Waals surface area contributed by atoms with Crippen LogP contribution in [0.25, 0.3) is 0 Å². The van der Waals surface area contributed by atoms with Crippen molar-refractivity contribution in [3.63, 3.8) is 0 Å². The number of hydrogen-bond acceptors (Lipinski definition) is 3. The van der Waals surface area contributed by atoms with Crippen LogP contribution >= 0.6 is 0 Å². The second-order valence-corrected chi connectivity index (χ2v) is 6.55. The minimum atomic E-state index is -0.431. The Morgan fingerprint density at radius 1 is 1.47 bits per heavy atom. The molecule has 0 saturated carbocycles. The zero-order chi connectivity index (χ0) is 12.9. The molecule has 94 valence electrons. The Morgan fingerprint density at radius 3 is 2.59 bits per heavy atom. The van der Waals surface area contributed by atoms with Crippen molar-refractivity contribution in [3.8, 4) is 0 Å². The van der Waals surface area contributed by atoms with Crippen LogP contribution in [-0.4, -0.2) is 40.3 Å². The maximum absolute atomic E-state index is 12.5. The largest absolute Gasteiger partial charge is 0.298 e. The summed E-state index contributed by atoms with van der Waals surface area (Å²) >= 11 is 0. The molecule has 1 fully saturated rings. The van der Waals surface area contributed by atoms with Crippen LogP contribution < -0.4 is 5.32 Å². The molecule has 0 bridgehead atoms. The number of hydrogen-bond donors (Lipinski definition) is 1. The van der Waals surface area contributed by atoms with Gasteiger partial charge in [-0.2, -0.15) is 0 Å². The topological polar surface area (TPSA) is 41.5 Å². The standard InChI is InChI=1S/C13H22N3O/c1-12(2,3)15-10-8-16(7-6-14-9-16)13(4,5)11(10)17/h6-7,9-10,15H,8H2,1-5H3/q+1/t10-,16?/m0/s1. The summed E-state index contributed by atoms with van der Waals surface area (Å²) in [5.74, 6) is 0.269. The molecule has 0 aromatic rings. The van der Waals surface area contributed by atoms with Crippen LogP contribution in [0.1, 0.15) is 34.6 Å². The highest BCUT2D eigenvalue weighted by Gasteiger charge is 2.59. The van der Waals surface area contributed by atoms with Crippen LogP contribution in [0.15, 0.2) is 17.4 Å². The van der Waals surface area contributed by atoms with Crippen molar-refractivity contribution in [1.29, 1.82) is 0 Å². The average molecular weight is 236 g/mol. The quantitative estimate of drug-likeness (QED) is 0.700. The van der Waals surface area contributed by atoms with E-state index in [4.69, 9.17) is 0 Å². The highest BCUT2D eigenvalue weighted by Crippen LogP contribution is 2.35. The Hall–Kier alpha value is -1.00. The molecule has 0 radical (unpaired) electrons. The van der Waals surface area contributed by atoms with Gasteiger partial charge in [0.25, 0.3) is 0 Å². The molecule has 0 aromatic heterocycles. The van der Waals surface area contributed by atoms with E-state index >= 15 is 0 Å². The first-order valence-corrected chi connectivity index (χ1v) is 6.10. The zero-order valence-electron chi connectivity index (χ0n) is 11.3. The van der Waals surface area contributed by atoms with Gasteiger partial charge in [-0.1, -0.05) is 0 Å². The van der Waals surface area contributed by atoms with E-state index < -0.39 is 5.54 Å². The molecule has 0 aromatic carbocycles. The summed E-state index contributed by atoms with van der Waals surface area (Å²) in [7, 11) is 0. The fraction of sp³-hybridized carbons (Fsp3) is 0.692. The number of carbonyl (C=O) groups excluding carboxylic acids is 1. The molecule has 0 amide bonds. The molecule has 4 heteroatoms. The second-order valence-electron chi connectivity index (χ2n) is 6.55. The van der Waals surface area contributed by atoms with Crippen LogP contribution in [0.4, 0.5) is 0 Å². The number of carbonyl (C=O) groups is 1. The van der Waals surface area contributed by atoms with E-state index in [2.05, 4.69) is 31.1 Å². The lowest BCUT2D eigenvalue weighted by molar-refractivity contribution is -0.811. The van der Waals surface area contributed by atoms with Gasteiger partial charge in [0.15, 0.2) is 11.9 Å². The van der Waals surface area contributed by atoms with Crippen LogP contribution in [0.5, 0.6) is 0 Å². The van der Waals surface area contributed by atoms with Gasteiger partial charge in [-0.15, -0.1) is 0 Å². The molecule has 0 aliphatic carbocycles. The molecule has 1 spiro atoms. The molecule has 1 unspecified atom stereocenters. The summed E-state index contributed by atoms with van der Waals surface area (Å²) in [4.78, 5) is 16.7. The van der Waals surface area contributed by atoms with Gasteiger partial charge in [0.05, 0.1) is 6.20 Å². The summed E-state index contributed by atoms with van der Waals surface area (Å²) in [5.41, 5.74) is -0.481. The molecular formula is C13H22N3O+.